The van der Waals surface area contributed by atoms with Gasteiger partial charge in [-0.3, -0.25) is 14.5 Å². The zero-order valence-electron chi connectivity index (χ0n) is 17.7. The predicted molar refractivity (Wildman–Crippen MR) is 119 cm³/mol. The monoisotopic (exact) mass is 450 g/mol. The van der Waals surface area contributed by atoms with Crippen LogP contribution in [0.15, 0.2) is 67.3 Å². The molecule has 1 fully saturated rings. The summed E-state index contributed by atoms with van der Waals surface area (Å²) >= 11 is 0. The number of pyridine rings is 1. The molecule has 0 aliphatic carbocycles. The highest BCUT2D eigenvalue weighted by molar-refractivity contribution is 5.96. The first-order chi connectivity index (χ1) is 15.9. The molecule has 0 spiro atoms. The molecule has 0 bridgehead atoms. The Balaban J connectivity index is 1.30. The maximum atomic E-state index is 13.5. The SMILES string of the molecule is O=C(Cn1cc(-c2ccc(-c3cncc4cc(F)ccc34)cc2)cn1)N1CCC(F)(F)CC1. The summed E-state index contributed by atoms with van der Waals surface area (Å²) in [5.41, 5.74) is 3.63. The molecule has 0 unspecified atom stereocenters. The number of amides is 1. The number of alkyl halides is 2. The maximum Gasteiger partial charge on any atom is 0.251 e. The van der Waals surface area contributed by atoms with Crippen LogP contribution in [0.2, 0.25) is 0 Å². The Labute approximate surface area is 188 Å². The quantitative estimate of drug-likeness (QED) is 0.432. The lowest BCUT2D eigenvalue weighted by Gasteiger charge is -2.31. The van der Waals surface area contributed by atoms with E-state index in [2.05, 4.69) is 10.1 Å². The van der Waals surface area contributed by atoms with E-state index in [4.69, 9.17) is 0 Å². The minimum Gasteiger partial charge on any atom is -0.341 e. The number of aromatic nitrogens is 3. The molecule has 1 amide bonds. The van der Waals surface area contributed by atoms with Crippen LogP contribution in [0.4, 0.5) is 13.2 Å². The number of likely N-dealkylation sites (tertiary alicyclic amines) is 1. The van der Waals surface area contributed by atoms with Crippen LogP contribution < -0.4 is 0 Å². The summed E-state index contributed by atoms with van der Waals surface area (Å²) in [6, 6.07) is 12.5. The van der Waals surface area contributed by atoms with Gasteiger partial charge < -0.3 is 4.90 Å². The van der Waals surface area contributed by atoms with E-state index in [1.807, 2.05) is 24.3 Å². The van der Waals surface area contributed by atoms with E-state index < -0.39 is 5.92 Å². The largest absolute Gasteiger partial charge is 0.341 e. The normalized spacial score (nSPS) is 15.7. The summed E-state index contributed by atoms with van der Waals surface area (Å²) in [5.74, 6) is -3.19. The summed E-state index contributed by atoms with van der Waals surface area (Å²) in [5, 5.41) is 5.91. The van der Waals surface area contributed by atoms with Crippen molar-refractivity contribution in [3.63, 3.8) is 0 Å². The first-order valence-electron chi connectivity index (χ1n) is 10.7. The zero-order valence-corrected chi connectivity index (χ0v) is 17.7. The van der Waals surface area contributed by atoms with Gasteiger partial charge in [-0.15, -0.1) is 0 Å². The van der Waals surface area contributed by atoms with Gasteiger partial charge in [0, 0.05) is 61.0 Å². The summed E-state index contributed by atoms with van der Waals surface area (Å²) < 4.78 is 41.7. The average Bonchev–Trinajstić information content (AvgIpc) is 3.27. The van der Waals surface area contributed by atoms with Gasteiger partial charge in [0.05, 0.1) is 6.20 Å². The molecule has 0 N–H and O–H groups in total. The molecule has 168 valence electrons. The molecule has 8 heteroatoms. The van der Waals surface area contributed by atoms with Crippen molar-refractivity contribution in [2.75, 3.05) is 13.1 Å². The highest BCUT2D eigenvalue weighted by Crippen LogP contribution is 2.30. The molecule has 0 atom stereocenters. The average molecular weight is 450 g/mol. The molecule has 2 aromatic carbocycles. The Hall–Kier alpha value is -3.68. The molecule has 5 nitrogen and oxygen atoms in total. The number of benzene rings is 2. The van der Waals surface area contributed by atoms with E-state index in [0.717, 1.165) is 33.0 Å². The van der Waals surface area contributed by atoms with Gasteiger partial charge in [0.2, 0.25) is 5.91 Å². The molecule has 4 aromatic rings. The molecule has 3 heterocycles. The fourth-order valence-corrected chi connectivity index (χ4v) is 4.14. The van der Waals surface area contributed by atoms with E-state index in [-0.39, 0.29) is 44.2 Å². The van der Waals surface area contributed by atoms with Gasteiger partial charge in [0.15, 0.2) is 0 Å². The van der Waals surface area contributed by atoms with E-state index >= 15 is 0 Å². The number of piperidine rings is 1. The number of carbonyl (C=O) groups excluding carboxylic acids is 1. The highest BCUT2D eigenvalue weighted by Gasteiger charge is 2.35. The van der Waals surface area contributed by atoms with Crippen LogP contribution in [0.1, 0.15) is 12.8 Å². The van der Waals surface area contributed by atoms with Crippen molar-refractivity contribution in [1.29, 1.82) is 0 Å². The van der Waals surface area contributed by atoms with Crippen LogP contribution in [0, 0.1) is 5.82 Å². The van der Waals surface area contributed by atoms with Gasteiger partial charge in [-0.1, -0.05) is 30.3 Å². The minimum atomic E-state index is -2.68. The van der Waals surface area contributed by atoms with Crippen molar-refractivity contribution < 1.29 is 18.0 Å². The number of hydrogen-bond acceptors (Lipinski definition) is 3. The smallest absolute Gasteiger partial charge is 0.251 e. The Kier molecular flexibility index (Phi) is 5.36. The van der Waals surface area contributed by atoms with Gasteiger partial charge in [-0.2, -0.15) is 5.10 Å². The molecule has 0 saturated carbocycles. The fraction of sp³-hybridized carbons (Fsp3) is 0.240. The van der Waals surface area contributed by atoms with Gasteiger partial charge in [0.25, 0.3) is 5.92 Å². The first-order valence-corrected chi connectivity index (χ1v) is 10.7. The lowest BCUT2D eigenvalue weighted by Crippen LogP contribution is -2.44. The van der Waals surface area contributed by atoms with Crippen molar-refractivity contribution in [1.82, 2.24) is 19.7 Å². The number of nitrogens with zero attached hydrogens (tertiary/aromatic N) is 4. The Morgan fingerprint density at radius 3 is 2.42 bits per heavy atom. The molecule has 33 heavy (non-hydrogen) atoms. The second-order valence-electron chi connectivity index (χ2n) is 8.29. The molecular weight excluding hydrogens is 429 g/mol. The molecule has 1 aliphatic heterocycles. The van der Waals surface area contributed by atoms with Crippen LogP contribution in [0.3, 0.4) is 0 Å². The van der Waals surface area contributed by atoms with Crippen molar-refractivity contribution >= 4 is 16.7 Å². The Bertz CT molecular complexity index is 1310. The van der Waals surface area contributed by atoms with E-state index in [1.54, 1.807) is 30.9 Å². The number of halogens is 3. The third-order valence-electron chi connectivity index (χ3n) is 6.03. The fourth-order valence-electron chi connectivity index (χ4n) is 4.14. The number of rotatable bonds is 4. The Morgan fingerprint density at radius 2 is 1.67 bits per heavy atom. The zero-order chi connectivity index (χ0) is 23.0. The highest BCUT2D eigenvalue weighted by atomic mass is 19.3. The third kappa shape index (κ3) is 4.46. The lowest BCUT2D eigenvalue weighted by molar-refractivity contribution is -0.138. The summed E-state index contributed by atoms with van der Waals surface area (Å²) in [7, 11) is 0. The molecule has 2 aromatic heterocycles. The van der Waals surface area contributed by atoms with E-state index in [1.165, 1.54) is 21.7 Å². The van der Waals surface area contributed by atoms with E-state index in [0.29, 0.717) is 0 Å². The summed E-state index contributed by atoms with van der Waals surface area (Å²) in [4.78, 5) is 18.1. The molecule has 0 radical (unpaired) electrons. The molecule has 5 rings (SSSR count). The van der Waals surface area contributed by atoms with Crippen molar-refractivity contribution in [3.05, 3.63) is 73.1 Å². The summed E-state index contributed by atoms with van der Waals surface area (Å²) in [6.07, 6.45) is 6.26. The second-order valence-corrected chi connectivity index (χ2v) is 8.29. The van der Waals surface area contributed by atoms with Gasteiger partial charge in [-0.05, 0) is 28.6 Å². The molecule has 1 aliphatic rings. The number of fused-ring (bicyclic) bond motifs is 1. The Morgan fingerprint density at radius 1 is 0.939 bits per heavy atom. The van der Waals surface area contributed by atoms with Crippen LogP contribution in [0.25, 0.3) is 33.0 Å². The summed E-state index contributed by atoms with van der Waals surface area (Å²) in [6.45, 7) is 0.149. The molecule has 1 saturated heterocycles. The predicted octanol–water partition coefficient (Wildman–Crippen LogP) is 5.16. The van der Waals surface area contributed by atoms with Gasteiger partial charge in [0.1, 0.15) is 12.4 Å². The van der Waals surface area contributed by atoms with Crippen LogP contribution in [-0.2, 0) is 11.3 Å². The van der Waals surface area contributed by atoms with Crippen LogP contribution in [-0.4, -0.2) is 44.6 Å². The van der Waals surface area contributed by atoms with E-state index in [9.17, 15) is 18.0 Å². The van der Waals surface area contributed by atoms with Crippen molar-refractivity contribution in [2.45, 2.75) is 25.3 Å². The second kappa shape index (κ2) is 8.35. The van der Waals surface area contributed by atoms with Crippen LogP contribution in [0.5, 0.6) is 0 Å². The van der Waals surface area contributed by atoms with Gasteiger partial charge in [-0.25, -0.2) is 13.2 Å². The van der Waals surface area contributed by atoms with Crippen LogP contribution >= 0.6 is 0 Å². The third-order valence-corrected chi connectivity index (χ3v) is 6.03. The maximum absolute atomic E-state index is 13.5. The first kappa shape index (κ1) is 21.2. The van der Waals surface area contributed by atoms with Crippen molar-refractivity contribution in [2.24, 2.45) is 0 Å². The lowest BCUT2D eigenvalue weighted by atomic mass is 9.99. The standard InChI is InChI=1S/C25H21F3N4O/c26-21-5-6-22-19(11-21)12-29-14-23(22)18-3-1-17(2-4-18)20-13-30-32(15-20)16-24(33)31-9-7-25(27,28)8-10-31/h1-6,11-15H,7-10,16H2. The minimum absolute atomic E-state index is 0.0158. The van der Waals surface area contributed by atoms with Crippen molar-refractivity contribution in [3.8, 4) is 22.3 Å². The molecular formula is C25H21F3N4O. The number of hydrogen-bond donors (Lipinski definition) is 0. The number of carbonyl (C=O) groups is 1. The topological polar surface area (TPSA) is 51.0 Å². The van der Waals surface area contributed by atoms with Gasteiger partial charge >= 0.3 is 0 Å².